The van der Waals surface area contributed by atoms with Gasteiger partial charge in [0, 0.05) is 17.7 Å². The summed E-state index contributed by atoms with van der Waals surface area (Å²) in [7, 11) is 0. The average Bonchev–Trinajstić information content (AvgIpc) is 2.73. The van der Waals surface area contributed by atoms with Crippen molar-refractivity contribution < 1.29 is 9.59 Å². The standard InChI is InChI=1S/C24H26N4O3/c1-5-22(29)26-21-13-20(18-9-6-15(2)7-10-18)27-28(24(21)31)14-23(30)25-19-11-8-16(3)12-17(19)4/h6-13H,5,14H2,1-4H3,(H,25,30)(H,26,29). The number of rotatable bonds is 6. The lowest BCUT2D eigenvalue weighted by Gasteiger charge is -2.13. The van der Waals surface area contributed by atoms with E-state index >= 15 is 0 Å². The van der Waals surface area contributed by atoms with Crippen LogP contribution in [0.25, 0.3) is 11.3 Å². The molecule has 2 amide bonds. The highest BCUT2D eigenvalue weighted by atomic mass is 16.2. The van der Waals surface area contributed by atoms with Crippen molar-refractivity contribution in [2.24, 2.45) is 0 Å². The number of hydrogen-bond acceptors (Lipinski definition) is 4. The molecule has 7 nitrogen and oxygen atoms in total. The molecule has 0 fully saturated rings. The van der Waals surface area contributed by atoms with Gasteiger partial charge in [-0.25, -0.2) is 4.68 Å². The molecule has 160 valence electrons. The van der Waals surface area contributed by atoms with E-state index in [2.05, 4.69) is 15.7 Å². The zero-order valence-electron chi connectivity index (χ0n) is 18.2. The molecule has 2 N–H and O–H groups in total. The summed E-state index contributed by atoms with van der Waals surface area (Å²) < 4.78 is 1.08. The van der Waals surface area contributed by atoms with Crippen LogP contribution in [0.2, 0.25) is 0 Å². The van der Waals surface area contributed by atoms with Crippen LogP contribution in [-0.2, 0) is 16.1 Å². The van der Waals surface area contributed by atoms with Crippen LogP contribution in [0.5, 0.6) is 0 Å². The minimum absolute atomic E-state index is 0.0942. The van der Waals surface area contributed by atoms with Crippen LogP contribution in [0.4, 0.5) is 11.4 Å². The fourth-order valence-corrected chi connectivity index (χ4v) is 3.12. The van der Waals surface area contributed by atoms with Gasteiger partial charge < -0.3 is 10.6 Å². The first-order chi connectivity index (χ1) is 14.8. The van der Waals surface area contributed by atoms with Crippen LogP contribution < -0.4 is 16.2 Å². The Morgan fingerprint density at radius 3 is 2.16 bits per heavy atom. The second-order valence-corrected chi connectivity index (χ2v) is 7.54. The quantitative estimate of drug-likeness (QED) is 0.636. The third-order valence-corrected chi connectivity index (χ3v) is 4.87. The monoisotopic (exact) mass is 418 g/mol. The number of benzene rings is 2. The molecule has 0 bridgehead atoms. The average molecular weight is 418 g/mol. The molecule has 7 heteroatoms. The van der Waals surface area contributed by atoms with Crippen LogP contribution in [0.15, 0.2) is 53.3 Å². The SMILES string of the molecule is CCC(=O)Nc1cc(-c2ccc(C)cc2)nn(CC(=O)Nc2ccc(C)cc2C)c1=O. The Balaban J connectivity index is 1.95. The van der Waals surface area contributed by atoms with Crippen molar-refractivity contribution in [1.82, 2.24) is 9.78 Å². The molecule has 0 aliphatic carbocycles. The number of anilines is 2. The summed E-state index contributed by atoms with van der Waals surface area (Å²) in [5, 5.41) is 9.82. The Morgan fingerprint density at radius 2 is 1.52 bits per heavy atom. The van der Waals surface area contributed by atoms with Gasteiger partial charge in [-0.2, -0.15) is 5.10 Å². The fourth-order valence-electron chi connectivity index (χ4n) is 3.12. The number of carbonyl (C=O) groups is 2. The van der Waals surface area contributed by atoms with Crippen molar-refractivity contribution in [1.29, 1.82) is 0 Å². The molecule has 0 spiro atoms. The van der Waals surface area contributed by atoms with E-state index in [1.165, 1.54) is 0 Å². The molecular formula is C24H26N4O3. The fraction of sp³-hybridized carbons (Fsp3) is 0.250. The Hall–Kier alpha value is -3.74. The summed E-state index contributed by atoms with van der Waals surface area (Å²) in [6, 6.07) is 14.9. The van der Waals surface area contributed by atoms with Gasteiger partial charge >= 0.3 is 0 Å². The molecule has 31 heavy (non-hydrogen) atoms. The Labute approximate surface area is 181 Å². The molecule has 1 heterocycles. The number of nitrogens with one attached hydrogen (secondary N) is 2. The molecule has 3 aromatic rings. The smallest absolute Gasteiger partial charge is 0.291 e. The van der Waals surface area contributed by atoms with Gasteiger partial charge in [-0.3, -0.25) is 14.4 Å². The summed E-state index contributed by atoms with van der Waals surface area (Å²) in [4.78, 5) is 37.4. The number of aromatic nitrogens is 2. The maximum absolute atomic E-state index is 12.9. The van der Waals surface area contributed by atoms with E-state index in [-0.39, 0.29) is 30.5 Å². The number of nitrogens with zero attached hydrogens (tertiary/aromatic N) is 2. The molecule has 2 aromatic carbocycles. The Bertz CT molecular complexity index is 1180. The topological polar surface area (TPSA) is 93.1 Å². The lowest BCUT2D eigenvalue weighted by molar-refractivity contribution is -0.117. The van der Waals surface area contributed by atoms with E-state index in [4.69, 9.17) is 0 Å². The minimum Gasteiger partial charge on any atom is -0.324 e. The van der Waals surface area contributed by atoms with Crippen LogP contribution in [0.1, 0.15) is 30.0 Å². The minimum atomic E-state index is -0.534. The summed E-state index contributed by atoms with van der Waals surface area (Å²) in [6.45, 7) is 7.28. The number of hydrogen-bond donors (Lipinski definition) is 2. The van der Waals surface area contributed by atoms with Crippen molar-refractivity contribution in [2.75, 3.05) is 10.6 Å². The zero-order chi connectivity index (χ0) is 22.5. The summed E-state index contributed by atoms with van der Waals surface area (Å²) in [5.74, 6) is -0.667. The highest BCUT2D eigenvalue weighted by Gasteiger charge is 2.15. The van der Waals surface area contributed by atoms with Crippen molar-refractivity contribution >= 4 is 23.2 Å². The Morgan fingerprint density at radius 1 is 0.871 bits per heavy atom. The molecule has 1 aromatic heterocycles. The van der Waals surface area contributed by atoms with Crippen molar-refractivity contribution in [3.8, 4) is 11.3 Å². The zero-order valence-corrected chi connectivity index (χ0v) is 18.2. The summed E-state index contributed by atoms with van der Waals surface area (Å²) in [6.07, 6.45) is 0.231. The molecule has 0 unspecified atom stereocenters. The lowest BCUT2D eigenvalue weighted by Crippen LogP contribution is -2.32. The first kappa shape index (κ1) is 22.0. The molecular weight excluding hydrogens is 392 g/mol. The summed E-state index contributed by atoms with van der Waals surface area (Å²) in [5.41, 5.74) is 4.62. The predicted molar refractivity (Wildman–Crippen MR) is 122 cm³/mol. The summed E-state index contributed by atoms with van der Waals surface area (Å²) >= 11 is 0. The number of amides is 2. The van der Waals surface area contributed by atoms with Crippen LogP contribution in [0, 0.1) is 20.8 Å². The van der Waals surface area contributed by atoms with E-state index in [9.17, 15) is 14.4 Å². The van der Waals surface area contributed by atoms with Crippen LogP contribution >= 0.6 is 0 Å². The first-order valence-electron chi connectivity index (χ1n) is 10.1. The lowest BCUT2D eigenvalue weighted by atomic mass is 10.1. The van der Waals surface area contributed by atoms with Crippen molar-refractivity contribution in [2.45, 2.75) is 40.7 Å². The van der Waals surface area contributed by atoms with Crippen LogP contribution in [0.3, 0.4) is 0 Å². The number of carbonyl (C=O) groups excluding carboxylic acids is 2. The van der Waals surface area contributed by atoms with Gasteiger partial charge in [0.15, 0.2) is 0 Å². The largest absolute Gasteiger partial charge is 0.324 e. The molecule has 0 saturated carbocycles. The van der Waals surface area contributed by atoms with Gasteiger partial charge in [0.1, 0.15) is 12.2 Å². The predicted octanol–water partition coefficient (Wildman–Crippen LogP) is 3.82. The van der Waals surface area contributed by atoms with Crippen molar-refractivity contribution in [3.63, 3.8) is 0 Å². The van der Waals surface area contributed by atoms with Gasteiger partial charge in [-0.1, -0.05) is 54.4 Å². The van der Waals surface area contributed by atoms with Gasteiger partial charge in [-0.05, 0) is 38.5 Å². The maximum Gasteiger partial charge on any atom is 0.291 e. The van der Waals surface area contributed by atoms with Crippen molar-refractivity contribution in [3.05, 3.63) is 75.6 Å². The van der Waals surface area contributed by atoms with Gasteiger partial charge in [0.25, 0.3) is 5.56 Å². The van der Waals surface area contributed by atoms with E-state index in [0.29, 0.717) is 11.4 Å². The maximum atomic E-state index is 12.9. The van der Waals surface area contributed by atoms with E-state index in [0.717, 1.165) is 26.9 Å². The van der Waals surface area contributed by atoms with Gasteiger partial charge in [0.2, 0.25) is 11.8 Å². The van der Waals surface area contributed by atoms with Gasteiger partial charge in [0.05, 0.1) is 5.69 Å². The second kappa shape index (κ2) is 9.38. The van der Waals surface area contributed by atoms with E-state index in [1.54, 1.807) is 13.0 Å². The molecule has 0 aliphatic rings. The van der Waals surface area contributed by atoms with Gasteiger partial charge in [-0.15, -0.1) is 0 Å². The second-order valence-electron chi connectivity index (χ2n) is 7.54. The molecule has 3 rings (SSSR count). The molecule has 0 aliphatic heterocycles. The first-order valence-corrected chi connectivity index (χ1v) is 10.1. The van der Waals surface area contributed by atoms with E-state index in [1.807, 2.05) is 63.2 Å². The number of aryl methyl sites for hydroxylation is 3. The normalized spacial score (nSPS) is 10.6. The Kier molecular flexibility index (Phi) is 6.65. The molecule has 0 radical (unpaired) electrons. The highest BCUT2D eigenvalue weighted by Crippen LogP contribution is 2.19. The molecule has 0 atom stereocenters. The third-order valence-electron chi connectivity index (χ3n) is 4.87. The van der Waals surface area contributed by atoms with Crippen LogP contribution in [-0.4, -0.2) is 21.6 Å². The third kappa shape index (κ3) is 5.45. The van der Waals surface area contributed by atoms with E-state index < -0.39 is 5.56 Å². The highest BCUT2D eigenvalue weighted by molar-refractivity contribution is 5.92. The molecule has 0 saturated heterocycles.